The van der Waals surface area contributed by atoms with Gasteiger partial charge in [-0.1, -0.05) is 27.7 Å². The zero-order chi connectivity index (χ0) is 15.3. The van der Waals surface area contributed by atoms with Gasteiger partial charge in [0.1, 0.15) is 0 Å². The van der Waals surface area contributed by atoms with Gasteiger partial charge >= 0.3 is 0 Å². The average molecular weight is 280 g/mol. The molecule has 0 aliphatic rings. The summed E-state index contributed by atoms with van der Waals surface area (Å²) in [6.07, 6.45) is 0. The monoisotopic (exact) mass is 280 g/mol. The van der Waals surface area contributed by atoms with E-state index in [0.29, 0.717) is 23.7 Å². The van der Waals surface area contributed by atoms with Gasteiger partial charge in [-0.3, -0.25) is 0 Å². The van der Waals surface area contributed by atoms with Gasteiger partial charge in [-0.2, -0.15) is 15.0 Å². The van der Waals surface area contributed by atoms with Crippen LogP contribution in [0.3, 0.4) is 0 Å². The summed E-state index contributed by atoms with van der Waals surface area (Å²) in [4.78, 5) is 17.6. The Bertz CT molecular complexity index is 406. The Hall–Kier alpha value is -1.59. The Morgan fingerprint density at radius 3 is 1.80 bits per heavy atom. The van der Waals surface area contributed by atoms with Crippen molar-refractivity contribution >= 4 is 17.8 Å². The molecule has 0 spiro atoms. The Labute approximate surface area is 122 Å². The highest BCUT2D eigenvalue weighted by molar-refractivity contribution is 5.44. The zero-order valence-electron chi connectivity index (χ0n) is 13.8. The molecule has 114 valence electrons. The number of anilines is 3. The lowest BCUT2D eigenvalue weighted by atomic mass is 10.1. The molecule has 6 heteroatoms. The van der Waals surface area contributed by atoms with Gasteiger partial charge in [0.2, 0.25) is 17.8 Å². The Kier molecular flexibility index (Phi) is 5.98. The molecule has 1 heterocycles. The van der Waals surface area contributed by atoms with Crippen molar-refractivity contribution in [2.75, 3.05) is 49.3 Å². The van der Waals surface area contributed by atoms with Gasteiger partial charge < -0.3 is 15.1 Å². The molecule has 0 amide bonds. The number of nitrogens with zero attached hydrogens (tertiary/aromatic N) is 5. The minimum absolute atomic E-state index is 0.561. The first-order valence-corrected chi connectivity index (χ1v) is 7.19. The second-order valence-corrected chi connectivity index (χ2v) is 6.10. The molecule has 1 rings (SSSR count). The maximum atomic E-state index is 4.58. The van der Waals surface area contributed by atoms with Crippen molar-refractivity contribution < 1.29 is 0 Å². The number of hydrogen-bond acceptors (Lipinski definition) is 6. The van der Waals surface area contributed by atoms with Gasteiger partial charge in [0, 0.05) is 34.2 Å². The van der Waals surface area contributed by atoms with Crippen LogP contribution < -0.4 is 15.1 Å². The maximum Gasteiger partial charge on any atom is 0.231 e. The number of aromatic nitrogens is 3. The summed E-state index contributed by atoms with van der Waals surface area (Å²) in [6.45, 7) is 10.7. The van der Waals surface area contributed by atoms with Crippen LogP contribution in [-0.2, 0) is 0 Å². The molecule has 0 radical (unpaired) electrons. The predicted molar refractivity (Wildman–Crippen MR) is 85.6 cm³/mol. The minimum Gasteiger partial charge on any atom is -0.357 e. The SMILES string of the molecule is CNc1nc(N(C)C)nc(N(CC(C)C)CC(C)C)n1. The van der Waals surface area contributed by atoms with E-state index in [4.69, 9.17) is 0 Å². The molecule has 0 aliphatic heterocycles. The summed E-state index contributed by atoms with van der Waals surface area (Å²) in [6, 6.07) is 0. The van der Waals surface area contributed by atoms with E-state index < -0.39 is 0 Å². The van der Waals surface area contributed by atoms with E-state index in [9.17, 15) is 0 Å². The van der Waals surface area contributed by atoms with Crippen molar-refractivity contribution in [3.63, 3.8) is 0 Å². The molecule has 0 aliphatic carbocycles. The molecule has 0 saturated heterocycles. The molecule has 1 aromatic rings. The van der Waals surface area contributed by atoms with E-state index in [-0.39, 0.29) is 0 Å². The van der Waals surface area contributed by atoms with E-state index in [1.807, 2.05) is 26.0 Å². The molecular formula is C14H28N6. The van der Waals surface area contributed by atoms with Crippen LogP contribution in [0, 0.1) is 11.8 Å². The fourth-order valence-electron chi connectivity index (χ4n) is 1.93. The third kappa shape index (κ3) is 4.83. The fraction of sp³-hybridized carbons (Fsp3) is 0.786. The average Bonchev–Trinajstić information content (AvgIpc) is 2.36. The molecule has 0 fully saturated rings. The molecule has 0 saturated carbocycles. The summed E-state index contributed by atoms with van der Waals surface area (Å²) in [5.74, 6) is 3.15. The fourth-order valence-corrected chi connectivity index (χ4v) is 1.93. The summed E-state index contributed by atoms with van der Waals surface area (Å²) in [5.41, 5.74) is 0. The molecule has 0 aromatic carbocycles. The first-order chi connectivity index (χ1) is 9.33. The van der Waals surface area contributed by atoms with Gasteiger partial charge in [0.05, 0.1) is 0 Å². The third-order valence-electron chi connectivity index (χ3n) is 2.69. The summed E-state index contributed by atoms with van der Waals surface area (Å²) in [5, 5.41) is 3.01. The van der Waals surface area contributed by atoms with Crippen molar-refractivity contribution in [1.82, 2.24) is 15.0 Å². The highest BCUT2D eigenvalue weighted by atomic mass is 15.3. The van der Waals surface area contributed by atoms with Crippen molar-refractivity contribution in [3.8, 4) is 0 Å². The number of nitrogens with one attached hydrogen (secondary N) is 1. The van der Waals surface area contributed by atoms with E-state index in [1.54, 1.807) is 0 Å². The normalized spacial score (nSPS) is 11.1. The second-order valence-electron chi connectivity index (χ2n) is 6.10. The van der Waals surface area contributed by atoms with Crippen LogP contribution in [0.15, 0.2) is 0 Å². The lowest BCUT2D eigenvalue weighted by Gasteiger charge is -2.27. The van der Waals surface area contributed by atoms with Gasteiger partial charge in [0.25, 0.3) is 0 Å². The lowest BCUT2D eigenvalue weighted by Crippen LogP contribution is -2.33. The minimum atomic E-state index is 0.561. The van der Waals surface area contributed by atoms with E-state index >= 15 is 0 Å². The van der Waals surface area contributed by atoms with Crippen LogP contribution in [0.1, 0.15) is 27.7 Å². The molecule has 0 atom stereocenters. The molecular weight excluding hydrogens is 252 g/mol. The van der Waals surface area contributed by atoms with Crippen LogP contribution in [0.25, 0.3) is 0 Å². The second kappa shape index (κ2) is 7.26. The van der Waals surface area contributed by atoms with Crippen molar-refractivity contribution in [3.05, 3.63) is 0 Å². The Balaban J connectivity index is 3.13. The third-order valence-corrected chi connectivity index (χ3v) is 2.69. The standard InChI is InChI=1S/C14H28N6/c1-10(2)8-20(9-11(3)4)14-17-12(15-5)16-13(18-14)19(6)7/h10-11H,8-9H2,1-7H3,(H,15,16,17,18). The predicted octanol–water partition coefficient (Wildman–Crippen LogP) is 2.10. The highest BCUT2D eigenvalue weighted by Crippen LogP contribution is 2.17. The number of rotatable bonds is 7. The van der Waals surface area contributed by atoms with Crippen molar-refractivity contribution in [2.24, 2.45) is 11.8 Å². The largest absolute Gasteiger partial charge is 0.357 e. The van der Waals surface area contributed by atoms with Crippen molar-refractivity contribution in [2.45, 2.75) is 27.7 Å². The molecule has 1 aromatic heterocycles. The van der Waals surface area contributed by atoms with E-state index in [0.717, 1.165) is 19.0 Å². The first kappa shape index (κ1) is 16.5. The topological polar surface area (TPSA) is 57.2 Å². The van der Waals surface area contributed by atoms with Crippen LogP contribution in [-0.4, -0.2) is 49.2 Å². The smallest absolute Gasteiger partial charge is 0.231 e. The molecule has 20 heavy (non-hydrogen) atoms. The van der Waals surface area contributed by atoms with Gasteiger partial charge in [-0.15, -0.1) is 0 Å². The van der Waals surface area contributed by atoms with Crippen molar-refractivity contribution in [1.29, 1.82) is 0 Å². The quantitative estimate of drug-likeness (QED) is 0.825. The summed E-state index contributed by atoms with van der Waals surface area (Å²) >= 11 is 0. The van der Waals surface area contributed by atoms with E-state index in [2.05, 4.69) is 52.9 Å². The van der Waals surface area contributed by atoms with Crippen LogP contribution >= 0.6 is 0 Å². The first-order valence-electron chi connectivity index (χ1n) is 7.19. The zero-order valence-corrected chi connectivity index (χ0v) is 13.8. The molecule has 0 unspecified atom stereocenters. The maximum absolute atomic E-state index is 4.58. The number of hydrogen-bond donors (Lipinski definition) is 1. The molecule has 1 N–H and O–H groups in total. The highest BCUT2D eigenvalue weighted by Gasteiger charge is 2.16. The van der Waals surface area contributed by atoms with Crippen LogP contribution in [0.2, 0.25) is 0 Å². The molecule has 6 nitrogen and oxygen atoms in total. The van der Waals surface area contributed by atoms with Crippen LogP contribution in [0.4, 0.5) is 17.8 Å². The summed E-state index contributed by atoms with van der Waals surface area (Å²) in [7, 11) is 5.70. The van der Waals surface area contributed by atoms with Gasteiger partial charge in [0.15, 0.2) is 0 Å². The van der Waals surface area contributed by atoms with E-state index in [1.165, 1.54) is 0 Å². The Morgan fingerprint density at radius 2 is 1.40 bits per heavy atom. The van der Waals surface area contributed by atoms with Gasteiger partial charge in [-0.05, 0) is 11.8 Å². The Morgan fingerprint density at radius 1 is 0.900 bits per heavy atom. The lowest BCUT2D eigenvalue weighted by molar-refractivity contribution is 0.543. The van der Waals surface area contributed by atoms with Gasteiger partial charge in [-0.25, -0.2) is 0 Å². The summed E-state index contributed by atoms with van der Waals surface area (Å²) < 4.78 is 0. The molecule has 0 bridgehead atoms. The van der Waals surface area contributed by atoms with Crippen LogP contribution in [0.5, 0.6) is 0 Å².